The Kier molecular flexibility index (Phi) is 3.31. The quantitative estimate of drug-likeness (QED) is 0.868. The molecule has 84 valence electrons. The van der Waals surface area contributed by atoms with Crippen LogP contribution in [0.25, 0.3) is 0 Å². The van der Waals surface area contributed by atoms with E-state index >= 15 is 0 Å². The van der Waals surface area contributed by atoms with Crippen molar-refractivity contribution in [1.82, 2.24) is 9.97 Å². The lowest BCUT2D eigenvalue weighted by Crippen LogP contribution is -2.00. The molecule has 0 bridgehead atoms. The molecule has 0 unspecified atom stereocenters. The van der Waals surface area contributed by atoms with Gasteiger partial charge in [-0.05, 0) is 30.7 Å². The molecule has 0 amide bonds. The Morgan fingerprint density at radius 2 is 2.18 bits per heavy atom. The number of rotatable bonds is 3. The van der Waals surface area contributed by atoms with Crippen LogP contribution in [-0.4, -0.2) is 9.97 Å². The van der Waals surface area contributed by atoms with E-state index in [9.17, 15) is 0 Å². The van der Waals surface area contributed by atoms with E-state index in [1.54, 1.807) is 12.3 Å². The van der Waals surface area contributed by atoms with Gasteiger partial charge >= 0.3 is 0 Å². The summed E-state index contributed by atoms with van der Waals surface area (Å²) < 4.78 is 0. The van der Waals surface area contributed by atoms with Crippen LogP contribution in [0.2, 0.25) is 0 Å². The van der Waals surface area contributed by atoms with Gasteiger partial charge < -0.3 is 5.32 Å². The maximum atomic E-state index is 8.73. The molecule has 0 fully saturated rings. The van der Waals surface area contributed by atoms with Gasteiger partial charge in [-0.25, -0.2) is 4.98 Å². The summed E-state index contributed by atoms with van der Waals surface area (Å²) in [6, 6.07) is 9.58. The Bertz CT molecular complexity index is 540. The molecule has 4 nitrogen and oxygen atoms in total. The first kappa shape index (κ1) is 11.1. The van der Waals surface area contributed by atoms with Gasteiger partial charge in [0, 0.05) is 30.3 Å². The van der Waals surface area contributed by atoms with E-state index in [1.807, 2.05) is 37.4 Å². The van der Waals surface area contributed by atoms with E-state index in [4.69, 9.17) is 5.26 Å². The smallest absolute Gasteiger partial charge is 0.142 e. The predicted molar refractivity (Wildman–Crippen MR) is 65.3 cm³/mol. The second kappa shape index (κ2) is 5.08. The molecule has 0 atom stereocenters. The summed E-state index contributed by atoms with van der Waals surface area (Å²) in [6.45, 7) is 2.64. The number of hydrogen-bond acceptors (Lipinski definition) is 4. The minimum atomic E-state index is 0.414. The lowest BCUT2D eigenvalue weighted by Gasteiger charge is -2.06. The molecule has 2 aromatic heterocycles. The van der Waals surface area contributed by atoms with Crippen LogP contribution in [0.3, 0.4) is 0 Å². The highest BCUT2D eigenvalue weighted by Gasteiger charge is 1.97. The number of nitriles is 1. The van der Waals surface area contributed by atoms with Crippen molar-refractivity contribution in [2.45, 2.75) is 13.5 Å². The number of hydrogen-bond donors (Lipinski definition) is 1. The Morgan fingerprint density at radius 3 is 2.88 bits per heavy atom. The SMILES string of the molecule is Cc1ccc(CNc2ccnc(C#N)c2)cn1. The summed E-state index contributed by atoms with van der Waals surface area (Å²) >= 11 is 0. The van der Waals surface area contributed by atoms with Crippen molar-refractivity contribution in [2.75, 3.05) is 5.32 Å². The third-order valence-corrected chi connectivity index (χ3v) is 2.34. The highest BCUT2D eigenvalue weighted by molar-refractivity contribution is 5.46. The van der Waals surface area contributed by atoms with Gasteiger partial charge in [0.2, 0.25) is 0 Å². The molecule has 0 aliphatic heterocycles. The molecule has 0 saturated carbocycles. The maximum absolute atomic E-state index is 8.73. The Labute approximate surface area is 100.0 Å². The van der Waals surface area contributed by atoms with E-state index in [1.165, 1.54) is 0 Å². The zero-order valence-corrected chi connectivity index (χ0v) is 9.51. The Balaban J connectivity index is 2.02. The standard InChI is InChI=1S/C13H12N4/c1-10-2-3-11(8-16-10)9-17-12-4-5-15-13(6-12)7-14/h2-6,8H,9H2,1H3,(H,15,17). The van der Waals surface area contributed by atoms with E-state index in [0.29, 0.717) is 12.2 Å². The van der Waals surface area contributed by atoms with Crippen LogP contribution in [0.4, 0.5) is 5.69 Å². The third-order valence-electron chi connectivity index (χ3n) is 2.34. The number of anilines is 1. The number of nitrogens with zero attached hydrogens (tertiary/aromatic N) is 3. The molecule has 0 aliphatic carbocycles. The molecule has 0 aliphatic rings. The maximum Gasteiger partial charge on any atom is 0.142 e. The molecule has 0 spiro atoms. The van der Waals surface area contributed by atoms with Crippen molar-refractivity contribution in [2.24, 2.45) is 0 Å². The molecule has 4 heteroatoms. The lowest BCUT2D eigenvalue weighted by atomic mass is 10.2. The zero-order chi connectivity index (χ0) is 12.1. The molecule has 2 rings (SSSR count). The highest BCUT2D eigenvalue weighted by Crippen LogP contribution is 2.09. The Morgan fingerprint density at radius 1 is 1.29 bits per heavy atom. The molecular formula is C13H12N4. The van der Waals surface area contributed by atoms with E-state index in [2.05, 4.69) is 15.3 Å². The van der Waals surface area contributed by atoms with Crippen molar-refractivity contribution in [3.05, 3.63) is 53.6 Å². The van der Waals surface area contributed by atoms with Gasteiger partial charge in [0.15, 0.2) is 0 Å². The number of nitrogens with one attached hydrogen (secondary N) is 1. The molecule has 0 radical (unpaired) electrons. The predicted octanol–water partition coefficient (Wildman–Crippen LogP) is 2.27. The summed E-state index contributed by atoms with van der Waals surface area (Å²) in [5.74, 6) is 0. The van der Waals surface area contributed by atoms with Crippen LogP contribution in [0.1, 0.15) is 17.0 Å². The summed E-state index contributed by atoms with van der Waals surface area (Å²) in [5, 5.41) is 12.0. The number of pyridine rings is 2. The topological polar surface area (TPSA) is 61.6 Å². The van der Waals surface area contributed by atoms with Crippen molar-refractivity contribution < 1.29 is 0 Å². The van der Waals surface area contributed by atoms with Crippen LogP contribution >= 0.6 is 0 Å². The van der Waals surface area contributed by atoms with Crippen LogP contribution in [0, 0.1) is 18.3 Å². The first-order valence-corrected chi connectivity index (χ1v) is 5.29. The zero-order valence-electron chi connectivity index (χ0n) is 9.51. The fourth-order valence-electron chi connectivity index (χ4n) is 1.41. The van der Waals surface area contributed by atoms with E-state index < -0.39 is 0 Å². The van der Waals surface area contributed by atoms with Crippen molar-refractivity contribution in [1.29, 1.82) is 5.26 Å². The molecule has 0 saturated heterocycles. The Hall–Kier alpha value is -2.41. The largest absolute Gasteiger partial charge is 0.381 e. The molecule has 2 aromatic rings. The second-order valence-electron chi connectivity index (χ2n) is 3.70. The third kappa shape index (κ3) is 3.02. The van der Waals surface area contributed by atoms with Gasteiger partial charge in [0.05, 0.1) is 0 Å². The van der Waals surface area contributed by atoms with Gasteiger partial charge in [-0.3, -0.25) is 4.98 Å². The summed E-state index contributed by atoms with van der Waals surface area (Å²) in [4.78, 5) is 8.13. The van der Waals surface area contributed by atoms with Crippen LogP contribution in [-0.2, 0) is 6.54 Å². The fourth-order valence-corrected chi connectivity index (χ4v) is 1.41. The van der Waals surface area contributed by atoms with Gasteiger partial charge in [0.25, 0.3) is 0 Å². The average Bonchev–Trinajstić information content (AvgIpc) is 2.38. The molecule has 1 N–H and O–H groups in total. The monoisotopic (exact) mass is 224 g/mol. The minimum Gasteiger partial charge on any atom is -0.381 e. The van der Waals surface area contributed by atoms with Gasteiger partial charge in [-0.1, -0.05) is 6.07 Å². The average molecular weight is 224 g/mol. The van der Waals surface area contributed by atoms with Crippen molar-refractivity contribution in [3.8, 4) is 6.07 Å². The first-order chi connectivity index (χ1) is 8.28. The van der Waals surface area contributed by atoms with Crippen LogP contribution < -0.4 is 5.32 Å². The van der Waals surface area contributed by atoms with Gasteiger partial charge in [-0.2, -0.15) is 5.26 Å². The molecular weight excluding hydrogens is 212 g/mol. The normalized spacial score (nSPS) is 9.65. The van der Waals surface area contributed by atoms with Crippen molar-refractivity contribution >= 4 is 5.69 Å². The summed E-state index contributed by atoms with van der Waals surface area (Å²) in [5.41, 5.74) is 3.41. The minimum absolute atomic E-state index is 0.414. The molecule has 2 heterocycles. The summed E-state index contributed by atoms with van der Waals surface area (Å²) in [7, 11) is 0. The first-order valence-electron chi connectivity index (χ1n) is 5.29. The van der Waals surface area contributed by atoms with Gasteiger partial charge in [-0.15, -0.1) is 0 Å². The number of aromatic nitrogens is 2. The summed E-state index contributed by atoms with van der Waals surface area (Å²) in [6.07, 6.45) is 3.46. The number of aryl methyl sites for hydroxylation is 1. The lowest BCUT2D eigenvalue weighted by molar-refractivity contribution is 1.08. The van der Waals surface area contributed by atoms with Crippen LogP contribution in [0.5, 0.6) is 0 Å². The second-order valence-corrected chi connectivity index (χ2v) is 3.70. The fraction of sp³-hybridized carbons (Fsp3) is 0.154. The molecule has 17 heavy (non-hydrogen) atoms. The van der Waals surface area contributed by atoms with Gasteiger partial charge in [0.1, 0.15) is 11.8 Å². The molecule has 0 aromatic carbocycles. The van der Waals surface area contributed by atoms with E-state index in [-0.39, 0.29) is 0 Å². The van der Waals surface area contributed by atoms with Crippen LogP contribution in [0.15, 0.2) is 36.7 Å². The highest BCUT2D eigenvalue weighted by atomic mass is 14.9. The van der Waals surface area contributed by atoms with Crippen molar-refractivity contribution in [3.63, 3.8) is 0 Å². The van der Waals surface area contributed by atoms with E-state index in [0.717, 1.165) is 16.9 Å².